The van der Waals surface area contributed by atoms with E-state index in [1.807, 2.05) is 31.2 Å². The van der Waals surface area contributed by atoms with Crippen molar-refractivity contribution in [3.8, 4) is 0 Å². The first-order valence-corrected chi connectivity index (χ1v) is 8.57. The number of piperazine rings is 1. The molecule has 1 saturated heterocycles. The summed E-state index contributed by atoms with van der Waals surface area (Å²) in [6.45, 7) is 3.12. The minimum Gasteiger partial charge on any atom is -0.335 e. The molecule has 0 aliphatic carbocycles. The summed E-state index contributed by atoms with van der Waals surface area (Å²) in [5.41, 5.74) is 8.64. The van der Waals surface area contributed by atoms with Crippen LogP contribution >= 0.6 is 12.4 Å². The predicted molar refractivity (Wildman–Crippen MR) is 104 cm³/mol. The second kappa shape index (κ2) is 8.97. The van der Waals surface area contributed by atoms with Crippen molar-refractivity contribution in [3.05, 3.63) is 71.0 Å². The molecule has 1 aliphatic rings. The number of nitrogens with zero attached hydrogens (tertiary/aromatic N) is 2. The molecule has 1 heterocycles. The molecule has 144 valence electrons. The molecule has 3 rings (SSSR count). The number of carbonyl (C=O) groups excluding carboxylic acids is 2. The van der Waals surface area contributed by atoms with Crippen LogP contribution in [0.25, 0.3) is 0 Å². The smallest absolute Gasteiger partial charge is 0.244 e. The van der Waals surface area contributed by atoms with Gasteiger partial charge < -0.3 is 15.5 Å². The fraction of sp³-hybridized carbons (Fsp3) is 0.300. The van der Waals surface area contributed by atoms with Gasteiger partial charge in [0.25, 0.3) is 0 Å². The lowest BCUT2D eigenvalue weighted by molar-refractivity contribution is -0.146. The maximum absolute atomic E-state index is 13.3. The van der Waals surface area contributed by atoms with Gasteiger partial charge in [-0.1, -0.05) is 42.0 Å². The lowest BCUT2D eigenvalue weighted by Gasteiger charge is -2.35. The van der Waals surface area contributed by atoms with Gasteiger partial charge in [-0.2, -0.15) is 0 Å². The Bertz CT molecular complexity index is 813. The van der Waals surface area contributed by atoms with Gasteiger partial charge in [-0.15, -0.1) is 12.4 Å². The molecule has 1 fully saturated rings. The van der Waals surface area contributed by atoms with E-state index in [1.54, 1.807) is 17.0 Å². The predicted octanol–water partition coefficient (Wildman–Crippen LogP) is 2.43. The van der Waals surface area contributed by atoms with E-state index in [9.17, 15) is 14.0 Å². The Morgan fingerprint density at radius 3 is 2.52 bits per heavy atom. The topological polar surface area (TPSA) is 66.6 Å². The number of hydrogen-bond donors (Lipinski definition) is 1. The average Bonchev–Trinajstić information content (AvgIpc) is 2.63. The molecule has 0 bridgehead atoms. The van der Waals surface area contributed by atoms with E-state index in [2.05, 4.69) is 0 Å². The van der Waals surface area contributed by atoms with Crippen LogP contribution in [0.4, 0.5) is 4.39 Å². The Labute approximate surface area is 164 Å². The molecule has 1 unspecified atom stereocenters. The molecule has 0 spiro atoms. The van der Waals surface area contributed by atoms with Crippen molar-refractivity contribution in [2.75, 3.05) is 19.6 Å². The van der Waals surface area contributed by atoms with Crippen LogP contribution in [0, 0.1) is 12.7 Å². The Morgan fingerprint density at radius 2 is 1.89 bits per heavy atom. The molecule has 7 heteroatoms. The van der Waals surface area contributed by atoms with E-state index in [4.69, 9.17) is 5.73 Å². The van der Waals surface area contributed by atoms with Gasteiger partial charge in [0.05, 0.1) is 6.54 Å². The fourth-order valence-electron chi connectivity index (χ4n) is 3.03. The van der Waals surface area contributed by atoms with E-state index in [0.717, 1.165) is 16.7 Å². The number of nitrogens with two attached hydrogens (primary N) is 1. The van der Waals surface area contributed by atoms with E-state index in [0.29, 0.717) is 19.6 Å². The molecule has 1 aliphatic heterocycles. The number of amides is 2. The third kappa shape index (κ3) is 5.05. The van der Waals surface area contributed by atoms with Crippen LogP contribution in [0.15, 0.2) is 48.5 Å². The minimum absolute atomic E-state index is 0. The Kier molecular flexibility index (Phi) is 6.93. The maximum atomic E-state index is 13.3. The minimum atomic E-state index is -0.779. The number of carbonyl (C=O) groups is 2. The van der Waals surface area contributed by atoms with Crippen molar-refractivity contribution in [2.45, 2.75) is 19.5 Å². The summed E-state index contributed by atoms with van der Waals surface area (Å²) in [5, 5.41) is 0. The first-order valence-electron chi connectivity index (χ1n) is 8.57. The zero-order valence-electron chi connectivity index (χ0n) is 15.1. The summed E-state index contributed by atoms with van der Waals surface area (Å²) in [6, 6.07) is 12.9. The fourth-order valence-corrected chi connectivity index (χ4v) is 3.03. The lowest BCUT2D eigenvalue weighted by Crippen LogP contribution is -2.53. The molecule has 1 atom stereocenters. The number of hydrogen-bond acceptors (Lipinski definition) is 3. The van der Waals surface area contributed by atoms with Gasteiger partial charge in [0.1, 0.15) is 11.9 Å². The van der Waals surface area contributed by atoms with Gasteiger partial charge in [0, 0.05) is 19.6 Å². The number of aryl methyl sites for hydroxylation is 1. The van der Waals surface area contributed by atoms with Crippen molar-refractivity contribution >= 4 is 24.2 Å². The van der Waals surface area contributed by atoms with Crippen LogP contribution in [-0.2, 0) is 16.1 Å². The van der Waals surface area contributed by atoms with E-state index in [-0.39, 0.29) is 36.6 Å². The number of rotatable bonds is 4. The molecular formula is C20H23ClFN3O2. The van der Waals surface area contributed by atoms with Crippen molar-refractivity contribution < 1.29 is 14.0 Å². The van der Waals surface area contributed by atoms with E-state index < -0.39 is 6.04 Å². The standard InChI is InChI=1S/C20H22FN3O2.ClH/c1-14-5-7-16(8-6-14)19(22)20(26)24-10-9-23(18(25)13-24)12-15-3-2-4-17(21)11-15;/h2-8,11,19H,9-10,12-13,22H2,1H3;1H. The Morgan fingerprint density at radius 1 is 1.19 bits per heavy atom. The summed E-state index contributed by atoms with van der Waals surface area (Å²) in [6.07, 6.45) is 0. The lowest BCUT2D eigenvalue weighted by atomic mass is 10.0. The zero-order valence-corrected chi connectivity index (χ0v) is 15.9. The highest BCUT2D eigenvalue weighted by molar-refractivity contribution is 5.89. The summed E-state index contributed by atoms with van der Waals surface area (Å²) in [4.78, 5) is 28.1. The molecule has 0 radical (unpaired) electrons. The maximum Gasteiger partial charge on any atom is 0.244 e. The summed E-state index contributed by atoms with van der Waals surface area (Å²) >= 11 is 0. The summed E-state index contributed by atoms with van der Waals surface area (Å²) in [7, 11) is 0. The monoisotopic (exact) mass is 391 g/mol. The molecule has 2 N–H and O–H groups in total. The van der Waals surface area contributed by atoms with Gasteiger partial charge >= 0.3 is 0 Å². The highest BCUT2D eigenvalue weighted by Gasteiger charge is 2.30. The summed E-state index contributed by atoms with van der Waals surface area (Å²) < 4.78 is 13.3. The highest BCUT2D eigenvalue weighted by Crippen LogP contribution is 2.17. The van der Waals surface area contributed by atoms with Gasteiger partial charge in [0.2, 0.25) is 11.8 Å². The second-order valence-electron chi connectivity index (χ2n) is 6.59. The molecule has 5 nitrogen and oxygen atoms in total. The molecule has 0 aromatic heterocycles. The molecule has 2 aromatic carbocycles. The third-order valence-corrected chi connectivity index (χ3v) is 4.60. The van der Waals surface area contributed by atoms with E-state index >= 15 is 0 Å². The Hall–Kier alpha value is -2.44. The molecular weight excluding hydrogens is 369 g/mol. The quantitative estimate of drug-likeness (QED) is 0.870. The van der Waals surface area contributed by atoms with Crippen LogP contribution in [0.3, 0.4) is 0 Å². The van der Waals surface area contributed by atoms with Crippen molar-refractivity contribution in [3.63, 3.8) is 0 Å². The molecule has 2 amide bonds. The van der Waals surface area contributed by atoms with Gasteiger partial charge in [0.15, 0.2) is 0 Å². The van der Waals surface area contributed by atoms with Crippen LogP contribution in [0.5, 0.6) is 0 Å². The van der Waals surface area contributed by atoms with Crippen LogP contribution in [0.1, 0.15) is 22.7 Å². The molecule has 0 saturated carbocycles. The average molecular weight is 392 g/mol. The van der Waals surface area contributed by atoms with E-state index in [1.165, 1.54) is 17.0 Å². The highest BCUT2D eigenvalue weighted by atomic mass is 35.5. The van der Waals surface area contributed by atoms with Crippen molar-refractivity contribution in [1.82, 2.24) is 9.80 Å². The second-order valence-corrected chi connectivity index (χ2v) is 6.59. The van der Waals surface area contributed by atoms with Gasteiger partial charge in [-0.25, -0.2) is 4.39 Å². The zero-order chi connectivity index (χ0) is 18.7. The van der Waals surface area contributed by atoms with Crippen molar-refractivity contribution in [2.24, 2.45) is 5.73 Å². The van der Waals surface area contributed by atoms with Gasteiger partial charge in [-0.3, -0.25) is 9.59 Å². The largest absolute Gasteiger partial charge is 0.335 e. The Balaban J connectivity index is 0.00000261. The SMILES string of the molecule is Cc1ccc(C(N)C(=O)N2CCN(Cc3cccc(F)c3)C(=O)C2)cc1.Cl. The first kappa shape index (κ1) is 20.9. The van der Waals surface area contributed by atoms with Crippen LogP contribution in [0.2, 0.25) is 0 Å². The number of benzene rings is 2. The van der Waals surface area contributed by atoms with Crippen molar-refractivity contribution in [1.29, 1.82) is 0 Å². The normalized spacial score (nSPS) is 15.3. The van der Waals surface area contributed by atoms with Gasteiger partial charge in [-0.05, 0) is 30.2 Å². The van der Waals surface area contributed by atoms with Crippen LogP contribution in [-0.4, -0.2) is 41.2 Å². The van der Waals surface area contributed by atoms with Crippen LogP contribution < -0.4 is 5.73 Å². The third-order valence-electron chi connectivity index (χ3n) is 4.60. The molecule has 27 heavy (non-hydrogen) atoms. The summed E-state index contributed by atoms with van der Waals surface area (Å²) in [5.74, 6) is -0.745. The molecule has 2 aromatic rings. The first-order chi connectivity index (χ1) is 12.4. The number of halogens is 2.